The molecule has 0 aliphatic carbocycles. The maximum absolute atomic E-state index is 12.4. The molecule has 3 aromatic rings. The zero-order valence-electron chi connectivity index (χ0n) is 15.6. The second kappa shape index (κ2) is 8.95. The molecule has 1 aliphatic rings. The van der Waals surface area contributed by atoms with E-state index >= 15 is 0 Å². The number of carbonyl (C=O) groups is 2. The minimum Gasteiger partial charge on any atom is -0.312 e. The van der Waals surface area contributed by atoms with Gasteiger partial charge in [0.25, 0.3) is 0 Å². The molecule has 2 amide bonds. The summed E-state index contributed by atoms with van der Waals surface area (Å²) in [5.41, 5.74) is 1.66. The van der Waals surface area contributed by atoms with Crippen LogP contribution in [0.3, 0.4) is 0 Å². The monoisotopic (exact) mass is 458 g/mol. The Kier molecular flexibility index (Phi) is 6.13. The minimum atomic E-state index is -0.307. The van der Waals surface area contributed by atoms with Crippen molar-refractivity contribution in [3.8, 4) is 0 Å². The van der Waals surface area contributed by atoms with Gasteiger partial charge in [0.2, 0.25) is 16.9 Å². The van der Waals surface area contributed by atoms with Crippen molar-refractivity contribution in [3.63, 3.8) is 0 Å². The van der Waals surface area contributed by atoms with E-state index in [0.29, 0.717) is 28.1 Å². The van der Waals surface area contributed by atoms with Crippen molar-refractivity contribution >= 4 is 63.2 Å². The fourth-order valence-electron chi connectivity index (χ4n) is 3.09. The van der Waals surface area contributed by atoms with Gasteiger partial charge in [-0.3, -0.25) is 14.9 Å². The highest BCUT2D eigenvalue weighted by Crippen LogP contribution is 2.34. The van der Waals surface area contributed by atoms with Crippen molar-refractivity contribution in [2.24, 2.45) is 0 Å². The molecule has 1 aliphatic heterocycles. The van der Waals surface area contributed by atoms with E-state index < -0.39 is 0 Å². The Morgan fingerprint density at radius 2 is 1.73 bits per heavy atom. The number of amides is 2. The summed E-state index contributed by atoms with van der Waals surface area (Å²) in [6.07, 6.45) is 3.46. The molecule has 0 radical (unpaired) electrons. The van der Waals surface area contributed by atoms with E-state index in [1.54, 1.807) is 35.2 Å². The molecule has 2 aromatic carbocycles. The number of rotatable bonds is 5. The van der Waals surface area contributed by atoms with E-state index in [4.69, 9.17) is 23.2 Å². The molecule has 1 fully saturated rings. The van der Waals surface area contributed by atoms with Gasteiger partial charge in [0.15, 0.2) is 0 Å². The smallest absolute Gasteiger partial charge is 0.250 e. The standard InChI is InChI=1S/C21H16Cl2N4O2S/c22-15-4-1-13(2-5-15)3-10-18(28)24-21-26-25-20(30-21)14-11-19(29)27(12-14)17-8-6-16(23)7-9-17/h1-10,14H,11-12H2,(H,24,26,28)/b10-3+. The predicted octanol–water partition coefficient (Wildman–Crippen LogP) is 5.02. The third kappa shape index (κ3) is 4.87. The highest BCUT2D eigenvalue weighted by atomic mass is 35.5. The Morgan fingerprint density at radius 3 is 2.43 bits per heavy atom. The van der Waals surface area contributed by atoms with Crippen molar-refractivity contribution < 1.29 is 9.59 Å². The second-order valence-electron chi connectivity index (χ2n) is 6.70. The molecule has 0 spiro atoms. The Labute approximate surface area is 187 Å². The van der Waals surface area contributed by atoms with Crippen LogP contribution in [0.4, 0.5) is 10.8 Å². The fraction of sp³-hybridized carbons (Fsp3) is 0.143. The Bertz CT molecular complexity index is 1100. The first kappa shape index (κ1) is 20.5. The van der Waals surface area contributed by atoms with E-state index in [9.17, 15) is 9.59 Å². The van der Waals surface area contributed by atoms with E-state index in [1.165, 1.54) is 17.4 Å². The number of anilines is 2. The van der Waals surface area contributed by atoms with Crippen LogP contribution in [0.2, 0.25) is 10.0 Å². The van der Waals surface area contributed by atoms with E-state index in [0.717, 1.165) is 16.3 Å². The van der Waals surface area contributed by atoms with Crippen LogP contribution in [0.15, 0.2) is 54.6 Å². The zero-order valence-corrected chi connectivity index (χ0v) is 17.9. The summed E-state index contributed by atoms with van der Waals surface area (Å²) >= 11 is 13.1. The van der Waals surface area contributed by atoms with Crippen LogP contribution in [0, 0.1) is 0 Å². The number of hydrogen-bond donors (Lipinski definition) is 1. The molecule has 1 aromatic heterocycles. The van der Waals surface area contributed by atoms with Crippen molar-refractivity contribution in [2.45, 2.75) is 12.3 Å². The van der Waals surface area contributed by atoms with E-state index in [1.807, 2.05) is 24.3 Å². The molecule has 0 saturated carbocycles. The summed E-state index contributed by atoms with van der Waals surface area (Å²) in [6, 6.07) is 14.3. The molecular weight excluding hydrogens is 443 g/mol. The van der Waals surface area contributed by atoms with Gasteiger partial charge in [-0.15, -0.1) is 10.2 Å². The van der Waals surface area contributed by atoms with Crippen molar-refractivity contribution in [1.29, 1.82) is 0 Å². The van der Waals surface area contributed by atoms with Gasteiger partial charge in [0, 0.05) is 40.7 Å². The van der Waals surface area contributed by atoms with Crippen LogP contribution >= 0.6 is 34.5 Å². The van der Waals surface area contributed by atoms with Gasteiger partial charge in [-0.25, -0.2) is 0 Å². The lowest BCUT2D eigenvalue weighted by atomic mass is 10.1. The summed E-state index contributed by atoms with van der Waals surface area (Å²) in [5, 5.41) is 13.3. The summed E-state index contributed by atoms with van der Waals surface area (Å²) < 4.78 is 0. The molecule has 2 heterocycles. The molecule has 1 unspecified atom stereocenters. The fourth-order valence-corrected chi connectivity index (χ4v) is 4.18. The minimum absolute atomic E-state index is 0.0222. The molecule has 152 valence electrons. The van der Waals surface area contributed by atoms with Crippen molar-refractivity contribution in [3.05, 3.63) is 75.2 Å². The van der Waals surface area contributed by atoms with Gasteiger partial charge in [-0.05, 0) is 48.0 Å². The molecule has 1 saturated heterocycles. The Hall–Kier alpha value is -2.74. The third-order valence-corrected chi connectivity index (χ3v) is 6.09. The van der Waals surface area contributed by atoms with Crippen LogP contribution in [0.1, 0.15) is 22.9 Å². The van der Waals surface area contributed by atoms with Crippen LogP contribution in [-0.2, 0) is 9.59 Å². The van der Waals surface area contributed by atoms with Crippen LogP contribution < -0.4 is 10.2 Å². The number of benzene rings is 2. The third-order valence-electron chi connectivity index (χ3n) is 4.58. The lowest BCUT2D eigenvalue weighted by molar-refractivity contribution is -0.117. The molecule has 30 heavy (non-hydrogen) atoms. The molecule has 1 atom stereocenters. The first-order valence-electron chi connectivity index (χ1n) is 9.12. The van der Waals surface area contributed by atoms with E-state index in [2.05, 4.69) is 15.5 Å². The molecule has 6 nitrogen and oxygen atoms in total. The van der Waals surface area contributed by atoms with E-state index in [-0.39, 0.29) is 17.7 Å². The highest BCUT2D eigenvalue weighted by Gasteiger charge is 2.33. The number of nitrogens with zero attached hydrogens (tertiary/aromatic N) is 3. The highest BCUT2D eigenvalue weighted by molar-refractivity contribution is 7.15. The summed E-state index contributed by atoms with van der Waals surface area (Å²) in [7, 11) is 0. The molecule has 1 N–H and O–H groups in total. The average Bonchev–Trinajstić information content (AvgIpc) is 3.35. The topological polar surface area (TPSA) is 75.2 Å². The van der Waals surface area contributed by atoms with Gasteiger partial charge in [0.1, 0.15) is 5.01 Å². The number of nitrogens with one attached hydrogen (secondary N) is 1. The van der Waals surface area contributed by atoms with Gasteiger partial charge in [-0.1, -0.05) is 46.7 Å². The number of carbonyl (C=O) groups excluding carboxylic acids is 2. The molecule has 0 bridgehead atoms. The van der Waals surface area contributed by atoms with Crippen LogP contribution in [0.25, 0.3) is 6.08 Å². The Morgan fingerprint density at radius 1 is 1.07 bits per heavy atom. The van der Waals surface area contributed by atoms with Crippen molar-refractivity contribution in [1.82, 2.24) is 10.2 Å². The van der Waals surface area contributed by atoms with Crippen LogP contribution in [0.5, 0.6) is 0 Å². The summed E-state index contributed by atoms with van der Waals surface area (Å²) in [5.74, 6) is -0.354. The van der Waals surface area contributed by atoms with Gasteiger partial charge in [0.05, 0.1) is 0 Å². The second-order valence-corrected chi connectivity index (χ2v) is 8.58. The summed E-state index contributed by atoms with van der Waals surface area (Å²) in [4.78, 5) is 26.3. The Balaban J connectivity index is 1.38. The SMILES string of the molecule is O=C(/C=C/c1ccc(Cl)cc1)Nc1nnc(C2CC(=O)N(c3ccc(Cl)cc3)C2)s1. The number of halogens is 2. The normalized spacial score (nSPS) is 16.4. The molecule has 4 rings (SSSR count). The number of hydrogen-bond acceptors (Lipinski definition) is 5. The maximum Gasteiger partial charge on any atom is 0.250 e. The van der Waals surface area contributed by atoms with Gasteiger partial charge in [-0.2, -0.15) is 0 Å². The van der Waals surface area contributed by atoms with Gasteiger partial charge >= 0.3 is 0 Å². The largest absolute Gasteiger partial charge is 0.312 e. The van der Waals surface area contributed by atoms with Crippen molar-refractivity contribution in [2.75, 3.05) is 16.8 Å². The lowest BCUT2D eigenvalue weighted by Crippen LogP contribution is -2.24. The first-order chi connectivity index (χ1) is 14.5. The quantitative estimate of drug-likeness (QED) is 0.544. The lowest BCUT2D eigenvalue weighted by Gasteiger charge is -2.16. The van der Waals surface area contributed by atoms with Crippen LogP contribution in [-0.4, -0.2) is 28.6 Å². The maximum atomic E-state index is 12.4. The molecule has 9 heteroatoms. The molecular formula is C21H16Cl2N4O2S. The van der Waals surface area contributed by atoms with Gasteiger partial charge < -0.3 is 4.90 Å². The summed E-state index contributed by atoms with van der Waals surface area (Å²) in [6.45, 7) is 0.513. The zero-order chi connectivity index (χ0) is 21.1. The average molecular weight is 459 g/mol. The first-order valence-corrected chi connectivity index (χ1v) is 10.7. The predicted molar refractivity (Wildman–Crippen MR) is 120 cm³/mol. The number of aromatic nitrogens is 2.